The van der Waals surface area contributed by atoms with Gasteiger partial charge in [0.1, 0.15) is 5.69 Å². The highest BCUT2D eigenvalue weighted by molar-refractivity contribution is 9.10. The Morgan fingerprint density at radius 2 is 2.31 bits per heavy atom. The van der Waals surface area contributed by atoms with E-state index in [0.29, 0.717) is 17.5 Å². The second-order valence-electron chi connectivity index (χ2n) is 4.06. The van der Waals surface area contributed by atoms with E-state index in [-0.39, 0.29) is 0 Å². The van der Waals surface area contributed by atoms with Crippen molar-refractivity contribution in [2.24, 2.45) is 0 Å². The number of anilines is 1. The smallest absolute Gasteiger partial charge is 0.238 e. The number of halogens is 1. The number of nitrogens with two attached hydrogens (primary N) is 1. The van der Waals surface area contributed by atoms with Crippen LogP contribution in [0.5, 0.6) is 5.88 Å². The number of rotatable bonds is 1. The molecule has 0 fully saturated rings. The van der Waals surface area contributed by atoms with Crippen LogP contribution in [-0.4, -0.2) is 25.2 Å². The van der Waals surface area contributed by atoms with Crippen LogP contribution < -0.4 is 15.8 Å². The van der Waals surface area contributed by atoms with Gasteiger partial charge in [-0.15, -0.1) is 0 Å². The van der Waals surface area contributed by atoms with E-state index >= 15 is 0 Å². The molecule has 0 spiro atoms. The predicted molar refractivity (Wildman–Crippen MR) is 67.9 cm³/mol. The number of hydrogen-bond donors (Lipinski definition) is 2. The molecule has 1 aliphatic heterocycles. The first kappa shape index (κ1) is 11.7. The van der Waals surface area contributed by atoms with E-state index in [9.17, 15) is 0 Å². The zero-order chi connectivity index (χ0) is 11.7. The van der Waals surface area contributed by atoms with E-state index < -0.39 is 0 Å². The molecule has 0 aromatic carbocycles. The molecular weight excluding hydrogens is 270 g/mol. The topological polar surface area (TPSA) is 60.2 Å². The molecule has 16 heavy (non-hydrogen) atoms. The van der Waals surface area contributed by atoms with Gasteiger partial charge in [-0.3, -0.25) is 0 Å². The standard InChI is InChI=1S/C11H16BrN3O/c1-6-5-14-4-3-7-8(6)9(12)10(13)11(15-7)16-2/h6,14H,3-5,13H2,1-2H3. The van der Waals surface area contributed by atoms with Crippen molar-refractivity contribution in [2.75, 3.05) is 25.9 Å². The molecule has 0 saturated heterocycles. The number of nitrogens with one attached hydrogen (secondary N) is 1. The van der Waals surface area contributed by atoms with Crippen LogP contribution in [0.3, 0.4) is 0 Å². The van der Waals surface area contributed by atoms with Gasteiger partial charge in [-0.1, -0.05) is 6.92 Å². The Hall–Kier alpha value is -0.810. The SMILES string of the molecule is COc1nc2c(c(Br)c1N)C(C)CNCC2. The Labute approximate surface area is 104 Å². The van der Waals surface area contributed by atoms with Crippen LogP contribution in [0.2, 0.25) is 0 Å². The first-order chi connectivity index (χ1) is 7.65. The number of pyridine rings is 1. The van der Waals surface area contributed by atoms with Crippen molar-refractivity contribution in [1.82, 2.24) is 10.3 Å². The van der Waals surface area contributed by atoms with Crippen LogP contribution in [0.15, 0.2) is 4.47 Å². The summed E-state index contributed by atoms with van der Waals surface area (Å²) in [6.45, 7) is 4.08. The molecule has 2 heterocycles. The molecule has 1 aromatic rings. The zero-order valence-corrected chi connectivity index (χ0v) is 11.1. The number of fused-ring (bicyclic) bond motifs is 1. The highest BCUT2D eigenvalue weighted by Gasteiger charge is 2.22. The van der Waals surface area contributed by atoms with Crippen LogP contribution in [-0.2, 0) is 6.42 Å². The fourth-order valence-corrected chi connectivity index (χ4v) is 2.87. The molecule has 0 aliphatic carbocycles. The van der Waals surface area contributed by atoms with Crippen molar-refractivity contribution in [3.8, 4) is 5.88 Å². The van der Waals surface area contributed by atoms with E-state index in [0.717, 1.165) is 29.7 Å². The Bertz CT molecular complexity index is 409. The molecule has 2 rings (SSSR count). The molecule has 0 bridgehead atoms. The van der Waals surface area contributed by atoms with E-state index in [1.54, 1.807) is 7.11 Å². The van der Waals surface area contributed by atoms with Gasteiger partial charge in [0, 0.05) is 19.5 Å². The third-order valence-corrected chi connectivity index (χ3v) is 3.78. The first-order valence-electron chi connectivity index (χ1n) is 5.37. The van der Waals surface area contributed by atoms with Crippen molar-refractivity contribution in [1.29, 1.82) is 0 Å². The summed E-state index contributed by atoms with van der Waals surface area (Å²) in [6, 6.07) is 0. The maximum atomic E-state index is 5.98. The van der Waals surface area contributed by atoms with Crippen molar-refractivity contribution in [3.05, 3.63) is 15.7 Å². The summed E-state index contributed by atoms with van der Waals surface area (Å²) in [6.07, 6.45) is 0.912. The fourth-order valence-electron chi connectivity index (χ4n) is 2.08. The molecule has 0 radical (unpaired) electrons. The molecule has 88 valence electrons. The lowest BCUT2D eigenvalue weighted by molar-refractivity contribution is 0.398. The summed E-state index contributed by atoms with van der Waals surface area (Å²) < 4.78 is 6.12. The molecule has 1 aliphatic rings. The number of nitrogens with zero attached hydrogens (tertiary/aromatic N) is 1. The number of methoxy groups -OCH3 is 1. The first-order valence-corrected chi connectivity index (χ1v) is 6.17. The minimum absolute atomic E-state index is 0.410. The average molecular weight is 286 g/mol. The molecule has 5 heteroatoms. The minimum atomic E-state index is 0.410. The summed E-state index contributed by atoms with van der Waals surface area (Å²) in [4.78, 5) is 4.49. The summed E-state index contributed by atoms with van der Waals surface area (Å²) in [5.41, 5.74) is 8.86. The van der Waals surface area contributed by atoms with Gasteiger partial charge in [-0.05, 0) is 27.4 Å². The highest BCUT2D eigenvalue weighted by atomic mass is 79.9. The minimum Gasteiger partial charge on any atom is -0.479 e. The van der Waals surface area contributed by atoms with Crippen molar-refractivity contribution >= 4 is 21.6 Å². The largest absolute Gasteiger partial charge is 0.479 e. The van der Waals surface area contributed by atoms with E-state index in [1.165, 1.54) is 5.56 Å². The third-order valence-electron chi connectivity index (χ3n) is 2.93. The normalized spacial score (nSPS) is 20.1. The van der Waals surface area contributed by atoms with Crippen LogP contribution in [0.25, 0.3) is 0 Å². The molecule has 4 nitrogen and oxygen atoms in total. The molecule has 1 unspecified atom stereocenters. The van der Waals surface area contributed by atoms with Crippen LogP contribution in [0.4, 0.5) is 5.69 Å². The number of nitrogen functional groups attached to an aromatic ring is 1. The molecule has 3 N–H and O–H groups in total. The number of hydrogen-bond acceptors (Lipinski definition) is 4. The van der Waals surface area contributed by atoms with E-state index in [1.807, 2.05) is 0 Å². The quantitative estimate of drug-likeness (QED) is 0.824. The molecule has 0 saturated carbocycles. The van der Waals surface area contributed by atoms with Crippen molar-refractivity contribution < 1.29 is 4.74 Å². The fraction of sp³-hybridized carbons (Fsp3) is 0.545. The van der Waals surface area contributed by atoms with Crippen LogP contribution >= 0.6 is 15.9 Å². The predicted octanol–water partition coefficient (Wildman–Crippen LogP) is 1.68. The summed E-state index contributed by atoms with van der Waals surface area (Å²) in [5, 5.41) is 3.39. The lowest BCUT2D eigenvalue weighted by Crippen LogP contribution is -2.18. The van der Waals surface area contributed by atoms with Gasteiger partial charge in [0.15, 0.2) is 0 Å². The zero-order valence-electron chi connectivity index (χ0n) is 9.51. The van der Waals surface area contributed by atoms with E-state index in [4.69, 9.17) is 10.5 Å². The number of aromatic nitrogens is 1. The summed E-state index contributed by atoms with van der Waals surface area (Å²) in [7, 11) is 1.59. The monoisotopic (exact) mass is 285 g/mol. The molecule has 0 amide bonds. The molecular formula is C11H16BrN3O. The maximum Gasteiger partial charge on any atom is 0.238 e. The Kier molecular flexibility index (Phi) is 3.35. The second-order valence-corrected chi connectivity index (χ2v) is 4.86. The van der Waals surface area contributed by atoms with Crippen molar-refractivity contribution in [3.63, 3.8) is 0 Å². The lowest BCUT2D eigenvalue weighted by atomic mass is 9.99. The summed E-state index contributed by atoms with van der Waals surface area (Å²) >= 11 is 3.56. The lowest BCUT2D eigenvalue weighted by Gasteiger charge is -2.17. The van der Waals surface area contributed by atoms with Gasteiger partial charge >= 0.3 is 0 Å². The molecule has 1 aromatic heterocycles. The Balaban J connectivity index is 2.59. The van der Waals surface area contributed by atoms with Gasteiger partial charge in [0.25, 0.3) is 0 Å². The van der Waals surface area contributed by atoms with Crippen molar-refractivity contribution in [2.45, 2.75) is 19.3 Å². The average Bonchev–Trinajstić information content (AvgIpc) is 2.45. The van der Waals surface area contributed by atoms with Gasteiger partial charge < -0.3 is 15.8 Å². The Morgan fingerprint density at radius 3 is 3.00 bits per heavy atom. The third kappa shape index (κ3) is 1.89. The highest BCUT2D eigenvalue weighted by Crippen LogP contribution is 2.37. The number of ether oxygens (including phenoxy) is 1. The van der Waals surface area contributed by atoms with Gasteiger partial charge in [-0.2, -0.15) is 0 Å². The Morgan fingerprint density at radius 1 is 1.56 bits per heavy atom. The summed E-state index contributed by atoms with van der Waals surface area (Å²) in [5.74, 6) is 0.923. The van der Waals surface area contributed by atoms with Gasteiger partial charge in [0.05, 0.1) is 17.3 Å². The van der Waals surface area contributed by atoms with Gasteiger partial charge in [0.2, 0.25) is 5.88 Å². The van der Waals surface area contributed by atoms with Crippen LogP contribution in [0.1, 0.15) is 24.1 Å². The van der Waals surface area contributed by atoms with Crippen LogP contribution in [0, 0.1) is 0 Å². The van der Waals surface area contributed by atoms with Gasteiger partial charge in [-0.25, -0.2) is 4.98 Å². The molecule has 1 atom stereocenters. The maximum absolute atomic E-state index is 5.98. The van der Waals surface area contributed by atoms with E-state index in [2.05, 4.69) is 33.2 Å². The second kappa shape index (κ2) is 4.59.